The van der Waals surface area contributed by atoms with Gasteiger partial charge in [0.2, 0.25) is 12.1 Å². The van der Waals surface area contributed by atoms with E-state index in [9.17, 15) is 14.4 Å². The van der Waals surface area contributed by atoms with Crippen LogP contribution in [-0.4, -0.2) is 49.3 Å². The van der Waals surface area contributed by atoms with Crippen LogP contribution in [0, 0.1) is 5.92 Å². The molecule has 0 spiro atoms. The number of hydrogen-bond acceptors (Lipinski definition) is 8. The van der Waals surface area contributed by atoms with E-state index in [-0.39, 0.29) is 12.5 Å². The molecular formula is C13H18O8. The lowest BCUT2D eigenvalue weighted by Gasteiger charge is -2.26. The first kappa shape index (κ1) is 15.7. The lowest BCUT2D eigenvalue weighted by atomic mass is 9.94. The number of hydrogen-bond donors (Lipinski definition) is 0. The van der Waals surface area contributed by atoms with Crippen molar-refractivity contribution < 1.29 is 38.1 Å². The van der Waals surface area contributed by atoms with Crippen LogP contribution < -0.4 is 0 Å². The molecule has 2 aliphatic heterocycles. The van der Waals surface area contributed by atoms with Gasteiger partial charge in [0, 0.05) is 20.8 Å². The molecule has 0 saturated carbocycles. The molecule has 0 bridgehead atoms. The fourth-order valence-corrected chi connectivity index (χ4v) is 2.64. The van der Waals surface area contributed by atoms with Crippen LogP contribution in [0.4, 0.5) is 0 Å². The molecule has 0 aliphatic carbocycles. The molecule has 0 aromatic carbocycles. The fraction of sp³-hybridized carbons (Fsp3) is 0.769. The van der Waals surface area contributed by atoms with Gasteiger partial charge in [-0.05, 0) is 6.42 Å². The SMILES string of the molecule is CC(=O)OCC12OCCC1C(OC(C)=O)C(OC(C)=O)O2. The molecule has 2 rings (SSSR count). The maximum Gasteiger partial charge on any atom is 0.305 e. The Hall–Kier alpha value is -1.67. The van der Waals surface area contributed by atoms with Crippen LogP contribution in [0.25, 0.3) is 0 Å². The van der Waals surface area contributed by atoms with Crippen LogP contribution in [0.1, 0.15) is 27.2 Å². The van der Waals surface area contributed by atoms with Gasteiger partial charge in [-0.1, -0.05) is 0 Å². The summed E-state index contributed by atoms with van der Waals surface area (Å²) in [7, 11) is 0. The van der Waals surface area contributed by atoms with Crippen LogP contribution in [0.15, 0.2) is 0 Å². The lowest BCUT2D eigenvalue weighted by Crippen LogP contribution is -2.41. The largest absolute Gasteiger partial charge is 0.460 e. The van der Waals surface area contributed by atoms with Crippen molar-refractivity contribution in [2.45, 2.75) is 45.4 Å². The second-order valence-corrected chi connectivity index (χ2v) is 5.01. The Morgan fingerprint density at radius 2 is 1.76 bits per heavy atom. The van der Waals surface area contributed by atoms with Crippen molar-refractivity contribution in [3.8, 4) is 0 Å². The Balaban J connectivity index is 2.19. The second-order valence-electron chi connectivity index (χ2n) is 5.01. The predicted octanol–water partition coefficient (Wildman–Crippen LogP) is 0.133. The Morgan fingerprint density at radius 1 is 1.10 bits per heavy atom. The van der Waals surface area contributed by atoms with Crippen LogP contribution in [-0.2, 0) is 38.1 Å². The number of ether oxygens (including phenoxy) is 5. The van der Waals surface area contributed by atoms with Crippen molar-refractivity contribution in [1.82, 2.24) is 0 Å². The molecule has 2 heterocycles. The highest BCUT2D eigenvalue weighted by Gasteiger charge is 2.62. The Kier molecular flexibility index (Phi) is 4.48. The molecule has 118 valence electrons. The number of esters is 3. The highest BCUT2D eigenvalue weighted by Crippen LogP contribution is 2.46. The minimum Gasteiger partial charge on any atom is -0.460 e. The molecule has 0 aromatic rings. The first-order chi connectivity index (χ1) is 9.84. The number of carbonyl (C=O) groups is 3. The number of carbonyl (C=O) groups excluding carboxylic acids is 3. The van der Waals surface area contributed by atoms with Gasteiger partial charge in [-0.25, -0.2) is 0 Å². The van der Waals surface area contributed by atoms with E-state index in [4.69, 9.17) is 23.7 Å². The molecule has 4 unspecified atom stereocenters. The molecule has 0 radical (unpaired) electrons. The van der Waals surface area contributed by atoms with Crippen LogP contribution in [0.2, 0.25) is 0 Å². The van der Waals surface area contributed by atoms with Gasteiger partial charge in [-0.15, -0.1) is 0 Å². The van der Waals surface area contributed by atoms with E-state index >= 15 is 0 Å². The van der Waals surface area contributed by atoms with Crippen LogP contribution in [0.3, 0.4) is 0 Å². The van der Waals surface area contributed by atoms with Crippen molar-refractivity contribution in [2.24, 2.45) is 5.92 Å². The summed E-state index contributed by atoms with van der Waals surface area (Å²) in [6, 6.07) is 0. The normalized spacial score (nSPS) is 34.1. The first-order valence-electron chi connectivity index (χ1n) is 6.63. The summed E-state index contributed by atoms with van der Waals surface area (Å²) in [5.41, 5.74) is 0. The Labute approximate surface area is 121 Å². The van der Waals surface area contributed by atoms with Gasteiger partial charge in [0.1, 0.15) is 6.61 Å². The fourth-order valence-electron chi connectivity index (χ4n) is 2.64. The van der Waals surface area contributed by atoms with Crippen molar-refractivity contribution in [2.75, 3.05) is 13.2 Å². The van der Waals surface area contributed by atoms with E-state index in [1.165, 1.54) is 20.8 Å². The zero-order valence-corrected chi connectivity index (χ0v) is 12.1. The van der Waals surface area contributed by atoms with Gasteiger partial charge in [0.25, 0.3) is 0 Å². The van der Waals surface area contributed by atoms with Crippen molar-refractivity contribution >= 4 is 17.9 Å². The molecule has 0 aromatic heterocycles. The summed E-state index contributed by atoms with van der Waals surface area (Å²) in [5.74, 6) is -3.19. The minimum atomic E-state index is -1.24. The average molecular weight is 302 g/mol. The maximum atomic E-state index is 11.2. The predicted molar refractivity (Wildman–Crippen MR) is 65.6 cm³/mol. The molecule has 21 heavy (non-hydrogen) atoms. The topological polar surface area (TPSA) is 97.4 Å². The maximum absolute atomic E-state index is 11.2. The monoisotopic (exact) mass is 302 g/mol. The van der Waals surface area contributed by atoms with E-state index in [1.54, 1.807) is 0 Å². The molecule has 8 heteroatoms. The van der Waals surface area contributed by atoms with Crippen LogP contribution in [0.5, 0.6) is 0 Å². The van der Waals surface area contributed by atoms with Gasteiger partial charge in [-0.2, -0.15) is 0 Å². The van der Waals surface area contributed by atoms with Gasteiger partial charge >= 0.3 is 17.9 Å². The van der Waals surface area contributed by atoms with E-state index in [1.807, 2.05) is 0 Å². The smallest absolute Gasteiger partial charge is 0.305 e. The van der Waals surface area contributed by atoms with E-state index in [0.717, 1.165) is 0 Å². The highest BCUT2D eigenvalue weighted by molar-refractivity contribution is 5.67. The van der Waals surface area contributed by atoms with Crippen molar-refractivity contribution in [3.05, 3.63) is 0 Å². The third-order valence-corrected chi connectivity index (χ3v) is 3.38. The van der Waals surface area contributed by atoms with Crippen molar-refractivity contribution in [3.63, 3.8) is 0 Å². The van der Waals surface area contributed by atoms with E-state index in [0.29, 0.717) is 13.0 Å². The molecule has 4 atom stereocenters. The highest BCUT2D eigenvalue weighted by atomic mass is 16.8. The molecule has 2 fully saturated rings. The average Bonchev–Trinajstić information content (AvgIpc) is 2.85. The minimum absolute atomic E-state index is 0.150. The number of fused-ring (bicyclic) bond motifs is 1. The third kappa shape index (κ3) is 3.33. The summed E-state index contributed by atoms with van der Waals surface area (Å²) < 4.78 is 26.4. The third-order valence-electron chi connectivity index (χ3n) is 3.38. The Morgan fingerprint density at radius 3 is 2.33 bits per heavy atom. The summed E-state index contributed by atoms with van der Waals surface area (Å²) in [6.07, 6.45) is -1.33. The molecule has 0 N–H and O–H groups in total. The molecular weight excluding hydrogens is 284 g/mol. The standard InChI is InChI=1S/C13H18O8/c1-7(14)17-6-13-10(4-5-18-13)11(19-8(2)15)12(21-13)20-9(3)16/h10-12H,4-6H2,1-3H3. The number of rotatable bonds is 4. The van der Waals surface area contributed by atoms with E-state index in [2.05, 4.69) is 0 Å². The summed E-state index contributed by atoms with van der Waals surface area (Å²) in [5, 5.41) is 0. The summed E-state index contributed by atoms with van der Waals surface area (Å²) >= 11 is 0. The molecule has 2 saturated heterocycles. The molecule has 8 nitrogen and oxygen atoms in total. The second kappa shape index (κ2) is 5.98. The molecule has 0 amide bonds. The zero-order valence-electron chi connectivity index (χ0n) is 12.1. The Bertz CT molecular complexity index is 447. The van der Waals surface area contributed by atoms with Crippen LogP contribution >= 0.6 is 0 Å². The summed E-state index contributed by atoms with van der Waals surface area (Å²) in [6.45, 7) is 3.97. The first-order valence-corrected chi connectivity index (χ1v) is 6.63. The van der Waals surface area contributed by atoms with Gasteiger partial charge in [-0.3, -0.25) is 14.4 Å². The van der Waals surface area contributed by atoms with Gasteiger partial charge in [0.05, 0.1) is 12.5 Å². The van der Waals surface area contributed by atoms with Gasteiger partial charge < -0.3 is 23.7 Å². The van der Waals surface area contributed by atoms with E-state index < -0.39 is 36.1 Å². The van der Waals surface area contributed by atoms with Crippen molar-refractivity contribution in [1.29, 1.82) is 0 Å². The quantitative estimate of drug-likeness (QED) is 0.534. The lowest BCUT2D eigenvalue weighted by molar-refractivity contribution is -0.275. The molecule has 2 aliphatic rings. The zero-order chi connectivity index (χ0) is 15.6. The summed E-state index contributed by atoms with van der Waals surface area (Å²) in [4.78, 5) is 33.4. The van der Waals surface area contributed by atoms with Gasteiger partial charge in [0.15, 0.2) is 6.10 Å².